The highest BCUT2D eigenvalue weighted by Gasteiger charge is 2.26. The Balaban J connectivity index is 1.95. The van der Waals surface area contributed by atoms with E-state index in [1.54, 1.807) is 13.0 Å². The highest BCUT2D eigenvalue weighted by atomic mass is 19.2. The normalized spacial score (nSPS) is 21.8. The average molecular weight is 312 g/mol. The lowest BCUT2D eigenvalue weighted by atomic mass is 9.89. The number of ether oxygens (including phenoxy) is 2. The van der Waals surface area contributed by atoms with Crippen molar-refractivity contribution in [3.05, 3.63) is 29.3 Å². The topological polar surface area (TPSA) is 18.5 Å². The van der Waals surface area contributed by atoms with Gasteiger partial charge >= 0.3 is 0 Å². The standard InChI is InChI=1S/C18H26F2O2/c1-3-5-6-7-14-9-8-13(12-22-14)15-10-11-16(21-4-2)18(20)17(15)19/h10-11,13-14H,3-9,12H2,1-2H3. The summed E-state index contributed by atoms with van der Waals surface area (Å²) in [4.78, 5) is 0. The molecule has 0 saturated carbocycles. The Morgan fingerprint density at radius 3 is 2.59 bits per heavy atom. The van der Waals surface area contributed by atoms with Gasteiger partial charge in [0.2, 0.25) is 5.82 Å². The summed E-state index contributed by atoms with van der Waals surface area (Å²) in [6.07, 6.45) is 6.72. The second-order valence-electron chi connectivity index (χ2n) is 5.94. The van der Waals surface area contributed by atoms with Crippen molar-refractivity contribution in [2.75, 3.05) is 13.2 Å². The number of hydrogen-bond donors (Lipinski definition) is 0. The molecular weight excluding hydrogens is 286 g/mol. The quantitative estimate of drug-likeness (QED) is 0.644. The zero-order chi connectivity index (χ0) is 15.9. The van der Waals surface area contributed by atoms with Gasteiger partial charge in [-0.3, -0.25) is 0 Å². The maximum Gasteiger partial charge on any atom is 0.200 e. The van der Waals surface area contributed by atoms with Crippen molar-refractivity contribution >= 4 is 0 Å². The van der Waals surface area contributed by atoms with Crippen LogP contribution in [0.1, 0.15) is 63.9 Å². The van der Waals surface area contributed by atoms with Crippen LogP contribution in [-0.4, -0.2) is 19.3 Å². The summed E-state index contributed by atoms with van der Waals surface area (Å²) < 4.78 is 39.1. The van der Waals surface area contributed by atoms with Crippen LogP contribution in [0, 0.1) is 11.6 Å². The summed E-state index contributed by atoms with van der Waals surface area (Å²) in [6.45, 7) is 4.72. The van der Waals surface area contributed by atoms with Crippen LogP contribution in [0.2, 0.25) is 0 Å². The van der Waals surface area contributed by atoms with Gasteiger partial charge in [0.05, 0.1) is 19.3 Å². The van der Waals surface area contributed by atoms with Gasteiger partial charge in [0, 0.05) is 5.92 Å². The van der Waals surface area contributed by atoms with Gasteiger partial charge in [-0.25, -0.2) is 4.39 Å². The van der Waals surface area contributed by atoms with E-state index in [2.05, 4.69) is 6.92 Å². The van der Waals surface area contributed by atoms with Gasteiger partial charge in [-0.15, -0.1) is 0 Å². The Labute approximate surface area is 131 Å². The maximum absolute atomic E-state index is 14.2. The Bertz CT molecular complexity index is 468. The molecule has 1 aliphatic rings. The van der Waals surface area contributed by atoms with Gasteiger partial charge in [-0.2, -0.15) is 4.39 Å². The lowest BCUT2D eigenvalue weighted by Crippen LogP contribution is -2.25. The van der Waals surface area contributed by atoms with E-state index in [1.165, 1.54) is 25.3 Å². The largest absolute Gasteiger partial charge is 0.491 e. The van der Waals surface area contributed by atoms with E-state index in [-0.39, 0.29) is 17.8 Å². The molecule has 2 nitrogen and oxygen atoms in total. The van der Waals surface area contributed by atoms with Gasteiger partial charge in [0.1, 0.15) is 0 Å². The lowest BCUT2D eigenvalue weighted by Gasteiger charge is -2.29. The van der Waals surface area contributed by atoms with E-state index in [4.69, 9.17) is 9.47 Å². The fourth-order valence-electron chi connectivity index (χ4n) is 3.03. The lowest BCUT2D eigenvalue weighted by molar-refractivity contribution is -0.00280. The Hall–Kier alpha value is -1.16. The number of hydrogen-bond acceptors (Lipinski definition) is 2. The molecule has 2 unspecified atom stereocenters. The molecule has 2 atom stereocenters. The molecule has 1 heterocycles. The van der Waals surface area contributed by atoms with Crippen molar-refractivity contribution in [1.82, 2.24) is 0 Å². The monoisotopic (exact) mass is 312 g/mol. The molecule has 4 heteroatoms. The molecular formula is C18H26F2O2. The van der Waals surface area contributed by atoms with Crippen LogP contribution < -0.4 is 4.74 Å². The average Bonchev–Trinajstić information content (AvgIpc) is 2.53. The molecule has 0 N–H and O–H groups in total. The van der Waals surface area contributed by atoms with Crippen molar-refractivity contribution in [1.29, 1.82) is 0 Å². The number of halogens is 2. The SMILES string of the molecule is CCCCCC1CCC(c2ccc(OCC)c(F)c2F)CO1. The van der Waals surface area contributed by atoms with Gasteiger partial charge in [0.25, 0.3) is 0 Å². The predicted octanol–water partition coefficient (Wildman–Crippen LogP) is 5.21. The zero-order valence-electron chi connectivity index (χ0n) is 13.5. The molecule has 0 aromatic heterocycles. The number of benzene rings is 1. The van der Waals surface area contributed by atoms with Gasteiger partial charge in [-0.05, 0) is 37.8 Å². The second-order valence-corrected chi connectivity index (χ2v) is 5.94. The zero-order valence-corrected chi connectivity index (χ0v) is 13.5. The van der Waals surface area contributed by atoms with Crippen LogP contribution in [-0.2, 0) is 4.74 Å². The van der Waals surface area contributed by atoms with Crippen LogP contribution in [0.3, 0.4) is 0 Å². The third-order valence-corrected chi connectivity index (χ3v) is 4.32. The smallest absolute Gasteiger partial charge is 0.200 e. The minimum Gasteiger partial charge on any atom is -0.491 e. The van der Waals surface area contributed by atoms with Crippen LogP contribution >= 0.6 is 0 Å². The minimum atomic E-state index is -0.885. The molecule has 22 heavy (non-hydrogen) atoms. The van der Waals surface area contributed by atoms with Crippen molar-refractivity contribution < 1.29 is 18.3 Å². The fourth-order valence-corrected chi connectivity index (χ4v) is 3.03. The first-order valence-electron chi connectivity index (χ1n) is 8.39. The molecule has 0 bridgehead atoms. The first-order chi connectivity index (χ1) is 10.7. The van der Waals surface area contributed by atoms with E-state index >= 15 is 0 Å². The number of unbranched alkanes of at least 4 members (excludes halogenated alkanes) is 2. The van der Waals surface area contributed by atoms with Crippen LogP contribution in [0.15, 0.2) is 12.1 Å². The van der Waals surface area contributed by atoms with Crippen LogP contribution in [0.25, 0.3) is 0 Å². The predicted molar refractivity (Wildman–Crippen MR) is 83.4 cm³/mol. The summed E-state index contributed by atoms with van der Waals surface area (Å²) in [6, 6.07) is 3.15. The molecule has 1 saturated heterocycles. The summed E-state index contributed by atoms with van der Waals surface area (Å²) in [5.41, 5.74) is 0.410. The first-order valence-corrected chi connectivity index (χ1v) is 8.39. The van der Waals surface area contributed by atoms with Crippen molar-refractivity contribution in [2.45, 2.75) is 64.4 Å². The Morgan fingerprint density at radius 2 is 1.95 bits per heavy atom. The number of rotatable bonds is 7. The Morgan fingerprint density at radius 1 is 1.14 bits per heavy atom. The van der Waals surface area contributed by atoms with Gasteiger partial charge in [-0.1, -0.05) is 32.3 Å². The summed E-state index contributed by atoms with van der Waals surface area (Å²) in [5, 5.41) is 0. The van der Waals surface area contributed by atoms with E-state index in [1.807, 2.05) is 0 Å². The summed E-state index contributed by atoms with van der Waals surface area (Å²) in [5.74, 6) is -1.75. The molecule has 1 aromatic carbocycles. The Kier molecular flexibility index (Phi) is 6.62. The maximum atomic E-state index is 14.2. The van der Waals surface area contributed by atoms with E-state index in [9.17, 15) is 8.78 Å². The summed E-state index contributed by atoms with van der Waals surface area (Å²) in [7, 11) is 0. The van der Waals surface area contributed by atoms with Crippen LogP contribution in [0.5, 0.6) is 5.75 Å². The van der Waals surface area contributed by atoms with Crippen molar-refractivity contribution in [3.8, 4) is 5.75 Å². The molecule has 0 radical (unpaired) electrons. The molecule has 2 rings (SSSR count). The molecule has 0 aliphatic carbocycles. The molecule has 1 aliphatic heterocycles. The summed E-state index contributed by atoms with van der Waals surface area (Å²) >= 11 is 0. The third-order valence-electron chi connectivity index (χ3n) is 4.32. The third kappa shape index (κ3) is 4.19. The van der Waals surface area contributed by atoms with E-state index in [0.29, 0.717) is 18.8 Å². The van der Waals surface area contributed by atoms with Gasteiger partial charge in [0.15, 0.2) is 11.6 Å². The van der Waals surface area contributed by atoms with E-state index in [0.717, 1.165) is 19.3 Å². The fraction of sp³-hybridized carbons (Fsp3) is 0.667. The minimum absolute atomic E-state index is 0.0158. The molecule has 1 aromatic rings. The molecule has 0 spiro atoms. The first kappa shape index (κ1) is 17.2. The van der Waals surface area contributed by atoms with Crippen molar-refractivity contribution in [3.63, 3.8) is 0 Å². The highest BCUT2D eigenvalue weighted by Crippen LogP contribution is 2.34. The second kappa shape index (κ2) is 8.47. The van der Waals surface area contributed by atoms with Crippen molar-refractivity contribution in [2.24, 2.45) is 0 Å². The molecule has 124 valence electrons. The molecule has 1 fully saturated rings. The van der Waals surface area contributed by atoms with Gasteiger partial charge < -0.3 is 9.47 Å². The van der Waals surface area contributed by atoms with E-state index < -0.39 is 11.6 Å². The van der Waals surface area contributed by atoms with Crippen LogP contribution in [0.4, 0.5) is 8.78 Å². The highest BCUT2D eigenvalue weighted by molar-refractivity contribution is 5.33. The molecule has 0 amide bonds.